The van der Waals surface area contributed by atoms with Gasteiger partial charge >= 0.3 is 5.97 Å². The largest absolute Gasteiger partial charge is 0.462 e. The highest BCUT2D eigenvalue weighted by atomic mass is 16.5. The quantitative estimate of drug-likeness (QED) is 0.633. The summed E-state index contributed by atoms with van der Waals surface area (Å²) in [6.07, 6.45) is 1.33. The van der Waals surface area contributed by atoms with Gasteiger partial charge in [-0.3, -0.25) is 4.79 Å². The number of rotatable bonds is 6. The van der Waals surface area contributed by atoms with Gasteiger partial charge in [-0.1, -0.05) is 12.1 Å². The smallest absolute Gasteiger partial charge is 0.338 e. The van der Waals surface area contributed by atoms with Crippen LogP contribution in [-0.2, 0) is 4.74 Å². The Bertz CT molecular complexity index is 987. The first-order valence-electron chi connectivity index (χ1n) is 8.79. The minimum atomic E-state index is -0.400. The molecule has 0 aliphatic carbocycles. The van der Waals surface area contributed by atoms with Gasteiger partial charge in [-0.2, -0.15) is 0 Å². The number of hydrogen-bond acceptors (Lipinski definition) is 6. The second kappa shape index (κ2) is 8.77. The van der Waals surface area contributed by atoms with Crippen molar-refractivity contribution in [2.24, 2.45) is 0 Å². The maximum absolute atomic E-state index is 12.5. The highest BCUT2D eigenvalue weighted by molar-refractivity contribution is 6.03. The molecule has 1 amide bonds. The molecular weight excluding hydrogens is 356 g/mol. The van der Waals surface area contributed by atoms with E-state index in [0.717, 1.165) is 11.3 Å². The summed E-state index contributed by atoms with van der Waals surface area (Å²) in [5.74, 6) is -0.259. The van der Waals surface area contributed by atoms with Gasteiger partial charge in [0.2, 0.25) is 0 Å². The van der Waals surface area contributed by atoms with Gasteiger partial charge in [0.25, 0.3) is 5.91 Å². The van der Waals surface area contributed by atoms with E-state index in [1.54, 1.807) is 37.3 Å². The van der Waals surface area contributed by atoms with Crippen LogP contribution in [0.1, 0.15) is 33.3 Å². The van der Waals surface area contributed by atoms with Gasteiger partial charge in [0, 0.05) is 17.4 Å². The SMILES string of the molecule is CCOC(=O)c1ccc(NC(=O)c2cc(Nc3cccc(C)c3)ncn2)cc1. The van der Waals surface area contributed by atoms with Gasteiger partial charge in [0.1, 0.15) is 17.8 Å². The molecule has 3 rings (SSSR count). The summed E-state index contributed by atoms with van der Waals surface area (Å²) >= 11 is 0. The van der Waals surface area contributed by atoms with E-state index >= 15 is 0 Å². The highest BCUT2D eigenvalue weighted by Gasteiger charge is 2.11. The molecule has 0 radical (unpaired) electrons. The zero-order chi connectivity index (χ0) is 19.9. The van der Waals surface area contributed by atoms with Crippen LogP contribution in [0.3, 0.4) is 0 Å². The summed E-state index contributed by atoms with van der Waals surface area (Å²) in [6.45, 7) is 4.05. The van der Waals surface area contributed by atoms with Gasteiger partial charge in [-0.25, -0.2) is 14.8 Å². The molecule has 0 unspecified atom stereocenters. The molecule has 0 aliphatic rings. The number of hydrogen-bond donors (Lipinski definition) is 2. The Kier molecular flexibility index (Phi) is 5.96. The van der Waals surface area contributed by atoms with Crippen molar-refractivity contribution in [2.75, 3.05) is 17.2 Å². The summed E-state index contributed by atoms with van der Waals surface area (Å²) in [4.78, 5) is 32.3. The van der Waals surface area contributed by atoms with E-state index in [2.05, 4.69) is 20.6 Å². The Morgan fingerprint density at radius 2 is 1.79 bits per heavy atom. The number of aromatic nitrogens is 2. The number of amides is 1. The Morgan fingerprint density at radius 1 is 1.00 bits per heavy atom. The van der Waals surface area contributed by atoms with Crippen LogP contribution < -0.4 is 10.6 Å². The van der Waals surface area contributed by atoms with Gasteiger partial charge in [0.15, 0.2) is 0 Å². The third kappa shape index (κ3) is 4.91. The van der Waals surface area contributed by atoms with Gasteiger partial charge in [-0.05, 0) is 55.8 Å². The van der Waals surface area contributed by atoms with E-state index in [-0.39, 0.29) is 11.6 Å². The number of aryl methyl sites for hydroxylation is 1. The van der Waals surface area contributed by atoms with E-state index in [1.807, 2.05) is 31.2 Å². The van der Waals surface area contributed by atoms with E-state index in [1.165, 1.54) is 6.33 Å². The van der Waals surface area contributed by atoms with Crippen LogP contribution in [0, 0.1) is 6.92 Å². The summed E-state index contributed by atoms with van der Waals surface area (Å²) in [7, 11) is 0. The Morgan fingerprint density at radius 3 is 2.50 bits per heavy atom. The van der Waals surface area contributed by atoms with E-state index in [4.69, 9.17) is 4.74 Å². The second-order valence-electron chi connectivity index (χ2n) is 6.03. The molecule has 0 aliphatic heterocycles. The third-order valence-corrected chi connectivity index (χ3v) is 3.84. The third-order valence-electron chi connectivity index (χ3n) is 3.84. The van der Waals surface area contributed by atoms with Crippen LogP contribution in [0.25, 0.3) is 0 Å². The van der Waals surface area contributed by atoms with E-state index in [0.29, 0.717) is 23.7 Å². The van der Waals surface area contributed by atoms with Crippen molar-refractivity contribution in [3.05, 3.63) is 77.7 Å². The lowest BCUT2D eigenvalue weighted by atomic mass is 10.2. The van der Waals surface area contributed by atoms with Crippen LogP contribution in [0.5, 0.6) is 0 Å². The van der Waals surface area contributed by atoms with Crippen LogP contribution >= 0.6 is 0 Å². The van der Waals surface area contributed by atoms with Crippen molar-refractivity contribution in [3.63, 3.8) is 0 Å². The van der Waals surface area contributed by atoms with Crippen molar-refractivity contribution in [3.8, 4) is 0 Å². The van der Waals surface area contributed by atoms with Gasteiger partial charge < -0.3 is 15.4 Å². The van der Waals surface area contributed by atoms with Crippen LogP contribution in [0.2, 0.25) is 0 Å². The fourth-order valence-electron chi connectivity index (χ4n) is 2.52. The van der Waals surface area contributed by atoms with Crippen LogP contribution in [0.4, 0.5) is 17.2 Å². The zero-order valence-corrected chi connectivity index (χ0v) is 15.6. The molecular formula is C21H20N4O3. The first kappa shape index (κ1) is 19.0. The highest BCUT2D eigenvalue weighted by Crippen LogP contribution is 2.17. The average Bonchev–Trinajstić information content (AvgIpc) is 2.69. The predicted octanol–water partition coefficient (Wildman–Crippen LogP) is 3.96. The Balaban J connectivity index is 1.68. The molecule has 1 aromatic heterocycles. The second-order valence-corrected chi connectivity index (χ2v) is 6.03. The maximum Gasteiger partial charge on any atom is 0.338 e. The van der Waals surface area contributed by atoms with Gasteiger partial charge in [0.05, 0.1) is 12.2 Å². The number of nitrogens with zero attached hydrogens (tertiary/aromatic N) is 2. The molecule has 0 saturated heterocycles. The normalized spacial score (nSPS) is 10.2. The molecule has 1 heterocycles. The van der Waals surface area contributed by atoms with Crippen molar-refractivity contribution in [1.29, 1.82) is 0 Å². The first-order chi connectivity index (χ1) is 13.5. The fraction of sp³-hybridized carbons (Fsp3) is 0.143. The lowest BCUT2D eigenvalue weighted by Gasteiger charge is -2.09. The maximum atomic E-state index is 12.5. The summed E-state index contributed by atoms with van der Waals surface area (Å²) in [5, 5.41) is 5.90. The summed E-state index contributed by atoms with van der Waals surface area (Å²) in [6, 6.07) is 15.9. The van der Waals surface area contributed by atoms with Crippen molar-refractivity contribution >= 4 is 29.1 Å². The monoisotopic (exact) mass is 376 g/mol. The molecule has 2 N–H and O–H groups in total. The number of carbonyl (C=O) groups is 2. The molecule has 7 heteroatoms. The Hall–Kier alpha value is -3.74. The fourth-order valence-corrected chi connectivity index (χ4v) is 2.52. The van der Waals surface area contributed by atoms with E-state index < -0.39 is 5.97 Å². The molecule has 0 fully saturated rings. The zero-order valence-electron chi connectivity index (χ0n) is 15.6. The van der Waals surface area contributed by atoms with Crippen molar-refractivity contribution in [2.45, 2.75) is 13.8 Å². The minimum absolute atomic E-state index is 0.222. The molecule has 0 bridgehead atoms. The average molecular weight is 376 g/mol. The minimum Gasteiger partial charge on any atom is -0.462 e. The number of benzene rings is 2. The summed E-state index contributed by atoms with van der Waals surface area (Å²) in [5.41, 5.74) is 3.18. The topological polar surface area (TPSA) is 93.2 Å². The number of nitrogens with one attached hydrogen (secondary N) is 2. The molecule has 2 aromatic carbocycles. The molecule has 0 spiro atoms. The molecule has 7 nitrogen and oxygen atoms in total. The van der Waals surface area contributed by atoms with E-state index in [9.17, 15) is 9.59 Å². The summed E-state index contributed by atoms with van der Waals surface area (Å²) < 4.78 is 4.94. The number of anilines is 3. The number of esters is 1. The predicted molar refractivity (Wildman–Crippen MR) is 107 cm³/mol. The number of ether oxygens (including phenoxy) is 1. The molecule has 142 valence electrons. The van der Waals surface area contributed by atoms with Crippen LogP contribution in [0.15, 0.2) is 60.9 Å². The Labute approximate surface area is 162 Å². The molecule has 0 atom stereocenters. The lowest BCUT2D eigenvalue weighted by molar-refractivity contribution is 0.0526. The standard InChI is InChI=1S/C21H20N4O3/c1-3-28-21(27)15-7-9-16(10-8-15)25-20(26)18-12-19(23-13-22-18)24-17-6-4-5-14(2)11-17/h4-13H,3H2,1-2H3,(H,25,26)(H,22,23,24). The molecule has 0 saturated carbocycles. The van der Waals surface area contributed by atoms with Crippen molar-refractivity contribution < 1.29 is 14.3 Å². The van der Waals surface area contributed by atoms with Gasteiger partial charge in [-0.15, -0.1) is 0 Å². The van der Waals surface area contributed by atoms with Crippen LogP contribution in [-0.4, -0.2) is 28.5 Å². The molecule has 3 aromatic rings. The first-order valence-corrected chi connectivity index (χ1v) is 8.79. The van der Waals surface area contributed by atoms with Crippen molar-refractivity contribution in [1.82, 2.24) is 9.97 Å². The lowest BCUT2D eigenvalue weighted by Crippen LogP contribution is -2.14. The number of carbonyl (C=O) groups excluding carboxylic acids is 2. The molecule has 28 heavy (non-hydrogen) atoms.